The van der Waals surface area contributed by atoms with Crippen LogP contribution in [0.15, 0.2) is 23.1 Å². The molecule has 7 nitrogen and oxygen atoms in total. The van der Waals surface area contributed by atoms with Gasteiger partial charge in [0, 0.05) is 31.1 Å². The highest BCUT2D eigenvalue weighted by Gasteiger charge is 2.38. The lowest BCUT2D eigenvalue weighted by Gasteiger charge is -2.17. The Morgan fingerprint density at radius 1 is 1.38 bits per heavy atom. The third kappa shape index (κ3) is 4.65. The van der Waals surface area contributed by atoms with Gasteiger partial charge < -0.3 is 10.0 Å². The number of amides is 1. The third-order valence-corrected chi connectivity index (χ3v) is 5.53. The normalized spacial score (nSPS) is 18.4. The molecule has 1 aliphatic heterocycles. The number of carbonyl (C=O) groups excluding carboxylic acids is 1. The molecule has 0 radical (unpaired) electrons. The van der Waals surface area contributed by atoms with E-state index in [9.17, 15) is 31.2 Å². The second-order valence-corrected chi connectivity index (χ2v) is 7.79. The molecule has 144 valence electrons. The maximum atomic E-state index is 13.0. The van der Waals surface area contributed by atoms with Gasteiger partial charge in [0.1, 0.15) is 0 Å². The number of hydrogen-bond acceptors (Lipinski definition) is 4. The maximum absolute atomic E-state index is 13.0. The van der Waals surface area contributed by atoms with Gasteiger partial charge in [-0.1, -0.05) is 11.6 Å². The number of nitrogens with zero attached hydrogens (tertiary/aromatic N) is 1. The molecule has 0 aromatic heterocycles. The van der Waals surface area contributed by atoms with E-state index in [1.54, 1.807) is 0 Å². The van der Waals surface area contributed by atoms with Gasteiger partial charge in [0.25, 0.3) is 0 Å². The van der Waals surface area contributed by atoms with Crippen molar-refractivity contribution in [3.8, 4) is 0 Å². The monoisotopic (exact) mass is 414 g/mol. The largest absolute Gasteiger partial charge is 0.481 e. The van der Waals surface area contributed by atoms with Crippen LogP contribution in [0.2, 0.25) is 5.02 Å². The predicted octanol–water partition coefficient (Wildman–Crippen LogP) is 1.57. The highest BCUT2D eigenvalue weighted by atomic mass is 35.5. The number of benzene rings is 1. The molecule has 2 rings (SSSR count). The summed E-state index contributed by atoms with van der Waals surface area (Å²) in [5, 5.41) is 8.61. The van der Waals surface area contributed by atoms with E-state index in [0.717, 1.165) is 17.0 Å². The molecule has 1 atom stereocenters. The minimum atomic E-state index is -4.92. The lowest BCUT2D eigenvalue weighted by molar-refractivity contribution is -0.141. The van der Waals surface area contributed by atoms with Gasteiger partial charge >= 0.3 is 12.1 Å². The van der Waals surface area contributed by atoms with Crippen LogP contribution < -0.4 is 4.72 Å². The molecular formula is C14H14ClF3N2O5S. The van der Waals surface area contributed by atoms with Crippen molar-refractivity contribution in [1.29, 1.82) is 0 Å². The molecule has 1 aromatic rings. The predicted molar refractivity (Wildman–Crippen MR) is 84.0 cm³/mol. The van der Waals surface area contributed by atoms with E-state index in [2.05, 4.69) is 0 Å². The number of sulfonamides is 1. The standard InChI is InChI=1S/C14H14ClF3N2O5S/c15-9-1-2-11(10(6-9)14(16,17)18)26(24,25)19-3-4-20-7-8(13(22)23)5-12(20)21/h1-2,6,8,19H,3-5,7H2,(H,22,23). The van der Waals surface area contributed by atoms with Crippen LogP contribution in [0.3, 0.4) is 0 Å². The van der Waals surface area contributed by atoms with Gasteiger partial charge in [-0.15, -0.1) is 0 Å². The van der Waals surface area contributed by atoms with Gasteiger partial charge in [-0.05, 0) is 18.2 Å². The van der Waals surface area contributed by atoms with E-state index in [1.807, 2.05) is 4.72 Å². The fourth-order valence-electron chi connectivity index (χ4n) is 2.50. The van der Waals surface area contributed by atoms with E-state index in [0.29, 0.717) is 6.07 Å². The Bertz CT molecular complexity index is 828. The van der Waals surface area contributed by atoms with Crippen molar-refractivity contribution in [2.75, 3.05) is 19.6 Å². The number of alkyl halides is 3. The fraction of sp³-hybridized carbons (Fsp3) is 0.429. The SMILES string of the molecule is O=C(O)C1CC(=O)N(CCNS(=O)(=O)c2ccc(Cl)cc2C(F)(F)F)C1. The van der Waals surface area contributed by atoms with Crippen molar-refractivity contribution in [2.24, 2.45) is 5.92 Å². The van der Waals surface area contributed by atoms with E-state index in [1.165, 1.54) is 0 Å². The number of carboxylic acids is 1. The first-order chi connectivity index (χ1) is 11.9. The molecule has 1 amide bonds. The quantitative estimate of drug-likeness (QED) is 0.735. The summed E-state index contributed by atoms with van der Waals surface area (Å²) in [6.07, 6.45) is -5.12. The average Bonchev–Trinajstić information content (AvgIpc) is 2.87. The molecule has 0 saturated carbocycles. The maximum Gasteiger partial charge on any atom is 0.417 e. The van der Waals surface area contributed by atoms with Crippen LogP contribution in [-0.4, -0.2) is 49.9 Å². The zero-order valence-corrected chi connectivity index (χ0v) is 14.7. The summed E-state index contributed by atoms with van der Waals surface area (Å²) in [6.45, 7) is -0.595. The smallest absolute Gasteiger partial charge is 0.417 e. The minimum absolute atomic E-state index is 0.0787. The Morgan fingerprint density at radius 2 is 2.04 bits per heavy atom. The molecule has 0 spiro atoms. The number of likely N-dealkylation sites (tertiary alicyclic amines) is 1. The van der Waals surface area contributed by atoms with Gasteiger partial charge in [0.2, 0.25) is 15.9 Å². The summed E-state index contributed by atoms with van der Waals surface area (Å²) in [4.78, 5) is 22.7. The second kappa shape index (κ2) is 7.41. The molecule has 0 bridgehead atoms. The lowest BCUT2D eigenvalue weighted by atomic mass is 10.1. The third-order valence-electron chi connectivity index (χ3n) is 3.77. The molecule has 1 fully saturated rings. The van der Waals surface area contributed by atoms with Crippen molar-refractivity contribution >= 4 is 33.5 Å². The lowest BCUT2D eigenvalue weighted by Crippen LogP contribution is -2.36. The first kappa shape index (κ1) is 20.5. The zero-order chi connectivity index (χ0) is 19.7. The number of halogens is 4. The number of nitrogens with one attached hydrogen (secondary N) is 1. The molecule has 1 heterocycles. The van der Waals surface area contributed by atoms with Crippen molar-refractivity contribution in [3.05, 3.63) is 28.8 Å². The number of carboxylic acid groups (broad SMARTS) is 1. The van der Waals surface area contributed by atoms with Gasteiger partial charge in [-0.2, -0.15) is 13.2 Å². The first-order valence-electron chi connectivity index (χ1n) is 7.29. The fourth-order valence-corrected chi connectivity index (χ4v) is 3.90. The molecular weight excluding hydrogens is 401 g/mol. The van der Waals surface area contributed by atoms with Crippen LogP contribution >= 0.6 is 11.6 Å². The van der Waals surface area contributed by atoms with Gasteiger partial charge in [-0.25, -0.2) is 13.1 Å². The summed E-state index contributed by atoms with van der Waals surface area (Å²) in [5.41, 5.74) is -1.40. The Labute approximate surface area is 151 Å². The van der Waals surface area contributed by atoms with Crippen LogP contribution in [0.5, 0.6) is 0 Å². The topological polar surface area (TPSA) is 104 Å². The van der Waals surface area contributed by atoms with Crippen LogP contribution in [0.25, 0.3) is 0 Å². The van der Waals surface area contributed by atoms with E-state index >= 15 is 0 Å². The molecule has 12 heteroatoms. The average molecular weight is 415 g/mol. The van der Waals surface area contributed by atoms with Crippen LogP contribution in [0.4, 0.5) is 13.2 Å². The van der Waals surface area contributed by atoms with Crippen molar-refractivity contribution in [1.82, 2.24) is 9.62 Å². The molecule has 2 N–H and O–H groups in total. The Morgan fingerprint density at radius 3 is 2.58 bits per heavy atom. The summed E-state index contributed by atoms with van der Waals surface area (Å²) in [5.74, 6) is -2.48. The summed E-state index contributed by atoms with van der Waals surface area (Å²) < 4.78 is 65.5. The molecule has 1 saturated heterocycles. The van der Waals surface area contributed by atoms with Gasteiger partial charge in [-0.3, -0.25) is 9.59 Å². The summed E-state index contributed by atoms with van der Waals surface area (Å²) >= 11 is 5.51. The highest BCUT2D eigenvalue weighted by Crippen LogP contribution is 2.35. The van der Waals surface area contributed by atoms with Gasteiger partial charge in [0.15, 0.2) is 0 Å². The first-order valence-corrected chi connectivity index (χ1v) is 9.15. The summed E-state index contributed by atoms with van der Waals surface area (Å²) in [6, 6.07) is 2.28. The minimum Gasteiger partial charge on any atom is -0.481 e. The second-order valence-electron chi connectivity index (χ2n) is 5.62. The Balaban J connectivity index is 2.09. The van der Waals surface area contributed by atoms with E-state index in [-0.39, 0.29) is 31.1 Å². The Hall–Kier alpha value is -1.85. The molecule has 1 aromatic carbocycles. The highest BCUT2D eigenvalue weighted by molar-refractivity contribution is 7.89. The molecule has 1 aliphatic rings. The number of carbonyl (C=O) groups is 2. The number of aliphatic carboxylic acids is 1. The summed E-state index contributed by atoms with van der Waals surface area (Å²) in [7, 11) is -4.51. The number of rotatable bonds is 6. The van der Waals surface area contributed by atoms with Crippen LogP contribution in [-0.2, 0) is 25.8 Å². The van der Waals surface area contributed by atoms with Crippen LogP contribution in [0, 0.1) is 5.92 Å². The van der Waals surface area contributed by atoms with E-state index in [4.69, 9.17) is 16.7 Å². The molecule has 0 aliphatic carbocycles. The van der Waals surface area contributed by atoms with Crippen molar-refractivity contribution < 1.29 is 36.3 Å². The Kier molecular flexibility index (Phi) is 5.83. The van der Waals surface area contributed by atoms with Crippen molar-refractivity contribution in [3.63, 3.8) is 0 Å². The molecule has 26 heavy (non-hydrogen) atoms. The van der Waals surface area contributed by atoms with Crippen molar-refractivity contribution in [2.45, 2.75) is 17.5 Å². The molecule has 1 unspecified atom stereocenters. The van der Waals surface area contributed by atoms with E-state index < -0.39 is 44.5 Å². The van der Waals surface area contributed by atoms with Gasteiger partial charge in [0.05, 0.1) is 16.4 Å². The zero-order valence-electron chi connectivity index (χ0n) is 13.1. The van der Waals surface area contributed by atoms with Crippen LogP contribution in [0.1, 0.15) is 12.0 Å². The number of hydrogen-bond donors (Lipinski definition) is 2.